The van der Waals surface area contributed by atoms with Crippen LogP contribution in [0.4, 0.5) is 11.8 Å². The van der Waals surface area contributed by atoms with Crippen LogP contribution < -0.4 is 16.2 Å². The van der Waals surface area contributed by atoms with Crippen molar-refractivity contribution in [2.24, 2.45) is 0 Å². The number of halogens is 1. The fourth-order valence-electron chi connectivity index (χ4n) is 4.62. The van der Waals surface area contributed by atoms with Crippen LogP contribution >= 0.6 is 11.6 Å². The summed E-state index contributed by atoms with van der Waals surface area (Å²) in [6.07, 6.45) is 0.342. The summed E-state index contributed by atoms with van der Waals surface area (Å²) in [7, 11) is 1.63. The van der Waals surface area contributed by atoms with Gasteiger partial charge >= 0.3 is 0 Å². The van der Waals surface area contributed by atoms with Gasteiger partial charge in [-0.1, -0.05) is 35.9 Å². The number of nitrogen functional groups attached to an aromatic ring is 1. The molecule has 0 radical (unpaired) electrons. The van der Waals surface area contributed by atoms with E-state index in [4.69, 9.17) is 27.1 Å². The molecule has 1 saturated heterocycles. The summed E-state index contributed by atoms with van der Waals surface area (Å²) in [4.78, 5) is 29.2. The number of aryl methyl sites for hydroxylation is 1. The zero-order valence-electron chi connectivity index (χ0n) is 19.1. The van der Waals surface area contributed by atoms with Gasteiger partial charge in [-0.15, -0.1) is 0 Å². The van der Waals surface area contributed by atoms with Crippen molar-refractivity contribution >= 4 is 34.3 Å². The Kier molecular flexibility index (Phi) is 5.84. The van der Waals surface area contributed by atoms with Crippen molar-refractivity contribution in [1.29, 1.82) is 5.26 Å². The van der Waals surface area contributed by atoms with Gasteiger partial charge in [0.15, 0.2) is 5.82 Å². The molecule has 2 atom stereocenters. The van der Waals surface area contributed by atoms with Crippen LogP contribution in [0.1, 0.15) is 29.5 Å². The Morgan fingerprint density at radius 1 is 1.14 bits per heavy atom. The Morgan fingerprint density at radius 2 is 1.91 bits per heavy atom. The molecule has 0 amide bonds. The standard InChI is InChI=1S/C25H22ClN7O2/c1-14-17(12-27)22(31-25(28)29-14)32-13-16(35-2)11-20(32)23-30-19-10-6-9-18(26)21(19)24(34)33(23)15-7-4-3-5-8-15/h3-10,16,20H,11,13H2,1-2H3,(H2,28,29,31)/t16-,20-/m0/s1. The van der Waals surface area contributed by atoms with Crippen LogP contribution in [0.15, 0.2) is 53.3 Å². The molecule has 4 aromatic rings. The fraction of sp³-hybridized carbons (Fsp3) is 0.240. The Morgan fingerprint density at radius 3 is 2.63 bits per heavy atom. The van der Waals surface area contributed by atoms with E-state index in [0.717, 1.165) is 0 Å². The Hall–Kier alpha value is -4.00. The van der Waals surface area contributed by atoms with E-state index in [1.807, 2.05) is 35.2 Å². The van der Waals surface area contributed by atoms with Crippen LogP contribution in [0.3, 0.4) is 0 Å². The fourth-order valence-corrected chi connectivity index (χ4v) is 4.87. The monoisotopic (exact) mass is 487 g/mol. The van der Waals surface area contributed by atoms with Gasteiger partial charge in [0.05, 0.1) is 39.5 Å². The third-order valence-electron chi connectivity index (χ3n) is 6.25. The van der Waals surface area contributed by atoms with Gasteiger partial charge in [0.25, 0.3) is 5.56 Å². The number of nitrogens with zero attached hydrogens (tertiary/aromatic N) is 6. The number of benzene rings is 2. The maximum Gasteiger partial charge on any atom is 0.267 e. The molecular weight excluding hydrogens is 466 g/mol. The zero-order chi connectivity index (χ0) is 24.7. The highest BCUT2D eigenvalue weighted by Gasteiger charge is 2.39. The van der Waals surface area contributed by atoms with Crippen LogP contribution in [-0.2, 0) is 4.74 Å². The van der Waals surface area contributed by atoms with Crippen LogP contribution in [0, 0.1) is 18.3 Å². The predicted octanol–water partition coefficient (Wildman–Crippen LogP) is 3.56. The molecule has 0 spiro atoms. The van der Waals surface area contributed by atoms with Gasteiger partial charge in [0, 0.05) is 20.1 Å². The Labute approximate surface area is 206 Å². The topological polar surface area (TPSA) is 123 Å². The number of nitriles is 1. The van der Waals surface area contributed by atoms with Crippen LogP contribution in [-0.4, -0.2) is 39.3 Å². The minimum atomic E-state index is -0.433. The van der Waals surface area contributed by atoms with E-state index in [2.05, 4.69) is 16.0 Å². The first-order valence-electron chi connectivity index (χ1n) is 11.0. The van der Waals surface area contributed by atoms with Crippen molar-refractivity contribution < 1.29 is 4.74 Å². The molecule has 10 heteroatoms. The first-order valence-corrected chi connectivity index (χ1v) is 11.4. The minimum Gasteiger partial charge on any atom is -0.380 e. The number of hydrogen-bond donors (Lipinski definition) is 1. The number of fused-ring (bicyclic) bond motifs is 1. The van der Waals surface area contributed by atoms with Gasteiger partial charge in [0.1, 0.15) is 17.5 Å². The lowest BCUT2D eigenvalue weighted by molar-refractivity contribution is 0.118. The average molecular weight is 488 g/mol. The highest BCUT2D eigenvalue weighted by atomic mass is 35.5. The van der Waals surface area contributed by atoms with Gasteiger partial charge in [-0.05, 0) is 31.2 Å². The number of nitrogens with two attached hydrogens (primary N) is 1. The number of aromatic nitrogens is 4. The predicted molar refractivity (Wildman–Crippen MR) is 134 cm³/mol. The molecule has 2 aromatic carbocycles. The van der Waals surface area contributed by atoms with Crippen LogP contribution in [0.5, 0.6) is 0 Å². The molecule has 1 aliphatic rings. The molecule has 35 heavy (non-hydrogen) atoms. The Balaban J connectivity index is 1.81. The van der Waals surface area contributed by atoms with Crippen molar-refractivity contribution in [1.82, 2.24) is 19.5 Å². The first-order chi connectivity index (χ1) is 16.9. The average Bonchev–Trinajstić information content (AvgIpc) is 3.28. The van der Waals surface area contributed by atoms with Crippen molar-refractivity contribution in [3.05, 3.63) is 81.0 Å². The molecule has 1 fully saturated rings. The number of ether oxygens (including phenoxy) is 1. The second-order valence-electron chi connectivity index (χ2n) is 8.32. The van der Waals surface area contributed by atoms with Gasteiger partial charge in [-0.3, -0.25) is 9.36 Å². The molecule has 2 aromatic heterocycles. The number of para-hydroxylation sites is 1. The molecule has 5 rings (SSSR count). The lowest BCUT2D eigenvalue weighted by Crippen LogP contribution is -2.33. The van der Waals surface area contributed by atoms with E-state index in [0.29, 0.717) is 57.5 Å². The van der Waals surface area contributed by atoms with Gasteiger partial charge in [-0.25, -0.2) is 9.97 Å². The van der Waals surface area contributed by atoms with E-state index >= 15 is 0 Å². The zero-order valence-corrected chi connectivity index (χ0v) is 19.9. The number of anilines is 2. The highest BCUT2D eigenvalue weighted by Crippen LogP contribution is 2.38. The summed E-state index contributed by atoms with van der Waals surface area (Å²) in [5.74, 6) is 0.950. The van der Waals surface area contributed by atoms with Crippen molar-refractivity contribution in [2.45, 2.75) is 25.5 Å². The first kappa shape index (κ1) is 22.8. The molecule has 0 saturated carbocycles. The summed E-state index contributed by atoms with van der Waals surface area (Å²) in [6, 6.07) is 16.2. The van der Waals surface area contributed by atoms with Crippen LogP contribution in [0.25, 0.3) is 16.6 Å². The van der Waals surface area contributed by atoms with Crippen molar-refractivity contribution in [2.75, 3.05) is 24.3 Å². The molecule has 9 nitrogen and oxygen atoms in total. The summed E-state index contributed by atoms with van der Waals surface area (Å²) >= 11 is 6.43. The van der Waals surface area contributed by atoms with E-state index < -0.39 is 6.04 Å². The highest BCUT2D eigenvalue weighted by molar-refractivity contribution is 6.35. The van der Waals surface area contributed by atoms with E-state index in [1.54, 1.807) is 36.8 Å². The summed E-state index contributed by atoms with van der Waals surface area (Å²) < 4.78 is 7.27. The molecule has 0 bridgehead atoms. The molecule has 176 valence electrons. The quantitative estimate of drug-likeness (QED) is 0.463. The van der Waals surface area contributed by atoms with E-state index in [1.165, 1.54) is 0 Å². The smallest absolute Gasteiger partial charge is 0.267 e. The lowest BCUT2D eigenvalue weighted by Gasteiger charge is -2.28. The number of hydrogen-bond acceptors (Lipinski definition) is 8. The summed E-state index contributed by atoms with van der Waals surface area (Å²) in [5.41, 5.74) is 7.63. The second-order valence-corrected chi connectivity index (χ2v) is 8.73. The summed E-state index contributed by atoms with van der Waals surface area (Å²) in [5, 5.41) is 10.5. The molecule has 3 heterocycles. The second kappa shape index (κ2) is 8.98. The molecule has 1 aliphatic heterocycles. The van der Waals surface area contributed by atoms with Gasteiger partial charge in [0.2, 0.25) is 5.95 Å². The number of rotatable bonds is 4. The third kappa shape index (κ3) is 3.87. The SMILES string of the molecule is CO[C@H]1C[C@@H](c2nc3cccc(Cl)c3c(=O)n2-c2ccccc2)N(c2nc(N)nc(C)c2C#N)C1. The third-order valence-corrected chi connectivity index (χ3v) is 6.57. The van der Waals surface area contributed by atoms with Crippen molar-refractivity contribution in [3.8, 4) is 11.8 Å². The maximum atomic E-state index is 13.8. The minimum absolute atomic E-state index is 0.0646. The van der Waals surface area contributed by atoms with Crippen molar-refractivity contribution in [3.63, 3.8) is 0 Å². The lowest BCUT2D eigenvalue weighted by atomic mass is 10.1. The molecule has 0 unspecified atom stereocenters. The molecular formula is C25H22ClN7O2. The van der Waals surface area contributed by atoms with E-state index in [-0.39, 0.29) is 17.6 Å². The van der Waals surface area contributed by atoms with Gasteiger partial charge in [-0.2, -0.15) is 10.2 Å². The molecule has 2 N–H and O–H groups in total. The maximum absolute atomic E-state index is 13.8. The number of methoxy groups -OCH3 is 1. The Bertz CT molecular complexity index is 1530. The summed E-state index contributed by atoms with van der Waals surface area (Å²) in [6.45, 7) is 2.15. The van der Waals surface area contributed by atoms with Crippen LogP contribution in [0.2, 0.25) is 5.02 Å². The molecule has 0 aliphatic carbocycles. The largest absolute Gasteiger partial charge is 0.380 e. The van der Waals surface area contributed by atoms with E-state index in [9.17, 15) is 10.1 Å². The van der Waals surface area contributed by atoms with Gasteiger partial charge < -0.3 is 15.4 Å². The normalized spacial score (nSPS) is 17.6.